The Morgan fingerprint density at radius 1 is 1.50 bits per heavy atom. The van der Waals surface area contributed by atoms with Crippen LogP contribution in [0.4, 0.5) is 4.39 Å². The quantitative estimate of drug-likeness (QED) is 0.751. The summed E-state index contributed by atoms with van der Waals surface area (Å²) in [6.07, 6.45) is 0. The van der Waals surface area contributed by atoms with Crippen molar-refractivity contribution < 1.29 is 4.39 Å². The maximum Gasteiger partial charge on any atom is 0.142 e. The summed E-state index contributed by atoms with van der Waals surface area (Å²) in [5.41, 5.74) is 0.902. The fourth-order valence-corrected chi connectivity index (χ4v) is 1.07. The number of halogens is 2. The zero-order valence-electron chi connectivity index (χ0n) is 7.07. The van der Waals surface area contributed by atoms with Gasteiger partial charge in [0.25, 0.3) is 0 Å². The molecule has 0 amide bonds. The molecule has 12 heavy (non-hydrogen) atoms. The van der Waals surface area contributed by atoms with Gasteiger partial charge in [-0.2, -0.15) is 0 Å². The van der Waals surface area contributed by atoms with Crippen LogP contribution < -0.4 is 5.32 Å². The van der Waals surface area contributed by atoms with Crippen molar-refractivity contribution in [3.8, 4) is 0 Å². The van der Waals surface area contributed by atoms with Crippen LogP contribution in [0.15, 0.2) is 18.2 Å². The van der Waals surface area contributed by atoms with Crippen molar-refractivity contribution in [3.63, 3.8) is 0 Å². The number of nitrogens with one attached hydrogen (secondary N) is 1. The van der Waals surface area contributed by atoms with Gasteiger partial charge in [0.1, 0.15) is 5.82 Å². The minimum atomic E-state index is -0.365. The molecule has 66 valence electrons. The van der Waals surface area contributed by atoms with Gasteiger partial charge in [-0.1, -0.05) is 17.7 Å². The molecule has 0 aliphatic heterocycles. The van der Waals surface area contributed by atoms with E-state index in [0.717, 1.165) is 5.56 Å². The van der Waals surface area contributed by atoms with Crippen LogP contribution in [0.3, 0.4) is 0 Å². The molecule has 0 bridgehead atoms. The Morgan fingerprint density at radius 2 is 2.17 bits per heavy atom. The first kappa shape index (κ1) is 9.49. The van der Waals surface area contributed by atoms with Gasteiger partial charge in [0.2, 0.25) is 0 Å². The zero-order chi connectivity index (χ0) is 9.14. The summed E-state index contributed by atoms with van der Waals surface area (Å²) in [6.45, 7) is 1.96. The predicted octanol–water partition coefficient (Wildman–Crippen LogP) is 2.76. The molecule has 3 heteroatoms. The molecule has 1 aromatic rings. The fourth-order valence-electron chi connectivity index (χ4n) is 0.948. The molecule has 0 aliphatic rings. The normalized spacial score (nSPS) is 13.0. The largest absolute Gasteiger partial charge is 0.313 e. The Bertz CT molecular complexity index is 275. The van der Waals surface area contributed by atoms with Crippen molar-refractivity contribution in [2.24, 2.45) is 0 Å². The average molecular weight is 188 g/mol. The summed E-state index contributed by atoms with van der Waals surface area (Å²) in [5, 5.41) is 3.19. The minimum Gasteiger partial charge on any atom is -0.313 e. The van der Waals surface area contributed by atoms with Gasteiger partial charge in [0.05, 0.1) is 5.02 Å². The first-order chi connectivity index (χ1) is 5.65. The summed E-state index contributed by atoms with van der Waals surface area (Å²) in [5.74, 6) is -0.365. The highest BCUT2D eigenvalue weighted by Crippen LogP contribution is 2.19. The average Bonchev–Trinajstić information content (AvgIpc) is 2.08. The van der Waals surface area contributed by atoms with Gasteiger partial charge in [-0.25, -0.2) is 4.39 Å². The van der Waals surface area contributed by atoms with E-state index in [9.17, 15) is 4.39 Å². The molecule has 0 saturated carbocycles. The Morgan fingerprint density at radius 3 is 2.67 bits per heavy atom. The summed E-state index contributed by atoms with van der Waals surface area (Å²) in [6, 6.07) is 4.98. The standard InChI is InChI=1S/C9H11ClFN/c1-6(12-2)7-3-4-8(10)9(11)5-7/h3-6,12H,1-2H3. The van der Waals surface area contributed by atoms with Gasteiger partial charge in [-0.3, -0.25) is 0 Å². The number of hydrogen-bond donors (Lipinski definition) is 1. The molecule has 1 unspecified atom stereocenters. The zero-order valence-corrected chi connectivity index (χ0v) is 7.82. The minimum absolute atomic E-state index is 0.150. The Kier molecular flexibility index (Phi) is 3.06. The molecular formula is C9H11ClFN. The fraction of sp³-hybridized carbons (Fsp3) is 0.333. The van der Waals surface area contributed by atoms with E-state index in [4.69, 9.17) is 11.6 Å². The van der Waals surface area contributed by atoms with Crippen molar-refractivity contribution in [3.05, 3.63) is 34.6 Å². The summed E-state index contributed by atoms with van der Waals surface area (Å²) in [7, 11) is 1.83. The van der Waals surface area contributed by atoms with Gasteiger partial charge in [0, 0.05) is 6.04 Å². The van der Waals surface area contributed by atoms with E-state index in [1.807, 2.05) is 20.0 Å². The monoisotopic (exact) mass is 187 g/mol. The SMILES string of the molecule is CNC(C)c1ccc(Cl)c(F)c1. The van der Waals surface area contributed by atoms with E-state index in [0.29, 0.717) is 0 Å². The van der Waals surface area contributed by atoms with E-state index in [1.54, 1.807) is 6.07 Å². The molecule has 0 heterocycles. The van der Waals surface area contributed by atoms with Crippen molar-refractivity contribution in [2.75, 3.05) is 7.05 Å². The second-order valence-corrected chi connectivity index (χ2v) is 3.09. The molecule has 1 aromatic carbocycles. The van der Waals surface area contributed by atoms with Crippen molar-refractivity contribution in [1.29, 1.82) is 0 Å². The summed E-state index contributed by atoms with van der Waals surface area (Å²) >= 11 is 5.53. The lowest BCUT2D eigenvalue weighted by atomic mass is 10.1. The van der Waals surface area contributed by atoms with E-state index in [1.165, 1.54) is 6.07 Å². The number of rotatable bonds is 2. The highest BCUT2D eigenvalue weighted by atomic mass is 35.5. The Hall–Kier alpha value is -0.600. The lowest BCUT2D eigenvalue weighted by Gasteiger charge is -2.10. The van der Waals surface area contributed by atoms with Crippen LogP contribution in [0.5, 0.6) is 0 Å². The highest BCUT2D eigenvalue weighted by molar-refractivity contribution is 6.30. The molecule has 1 N–H and O–H groups in total. The third-order valence-electron chi connectivity index (χ3n) is 1.88. The summed E-state index contributed by atoms with van der Waals surface area (Å²) < 4.78 is 12.9. The predicted molar refractivity (Wildman–Crippen MR) is 48.9 cm³/mol. The van der Waals surface area contributed by atoms with Crippen LogP contribution in [0, 0.1) is 5.82 Å². The lowest BCUT2D eigenvalue weighted by Crippen LogP contribution is -2.12. The maximum absolute atomic E-state index is 12.9. The van der Waals surface area contributed by atoms with Crippen LogP contribution in [0.25, 0.3) is 0 Å². The molecule has 1 rings (SSSR count). The van der Waals surface area contributed by atoms with Gasteiger partial charge >= 0.3 is 0 Å². The van der Waals surface area contributed by atoms with Gasteiger partial charge < -0.3 is 5.32 Å². The topological polar surface area (TPSA) is 12.0 Å². The van der Waals surface area contributed by atoms with Crippen LogP contribution >= 0.6 is 11.6 Å². The lowest BCUT2D eigenvalue weighted by molar-refractivity contribution is 0.609. The van der Waals surface area contributed by atoms with Crippen LogP contribution in [0.1, 0.15) is 18.5 Å². The highest BCUT2D eigenvalue weighted by Gasteiger charge is 2.05. The van der Waals surface area contributed by atoms with Gasteiger partial charge in [-0.05, 0) is 31.7 Å². The van der Waals surface area contributed by atoms with Crippen molar-refractivity contribution >= 4 is 11.6 Å². The molecule has 0 aliphatic carbocycles. The maximum atomic E-state index is 12.9. The molecular weight excluding hydrogens is 177 g/mol. The second kappa shape index (κ2) is 3.87. The van der Waals surface area contributed by atoms with Crippen LogP contribution in [-0.2, 0) is 0 Å². The van der Waals surface area contributed by atoms with Crippen molar-refractivity contribution in [2.45, 2.75) is 13.0 Å². The molecule has 0 spiro atoms. The van der Waals surface area contributed by atoms with Gasteiger partial charge in [0.15, 0.2) is 0 Å². The molecule has 0 saturated heterocycles. The molecule has 1 atom stereocenters. The number of hydrogen-bond acceptors (Lipinski definition) is 1. The first-order valence-electron chi connectivity index (χ1n) is 3.77. The molecule has 0 aromatic heterocycles. The summed E-state index contributed by atoms with van der Waals surface area (Å²) in [4.78, 5) is 0. The van der Waals surface area contributed by atoms with E-state index in [2.05, 4.69) is 5.32 Å². The van der Waals surface area contributed by atoms with E-state index in [-0.39, 0.29) is 16.9 Å². The Labute approximate surface area is 76.5 Å². The van der Waals surface area contributed by atoms with Crippen LogP contribution in [0.2, 0.25) is 5.02 Å². The van der Waals surface area contributed by atoms with E-state index < -0.39 is 0 Å². The van der Waals surface area contributed by atoms with Gasteiger partial charge in [-0.15, -0.1) is 0 Å². The third-order valence-corrected chi connectivity index (χ3v) is 2.18. The van der Waals surface area contributed by atoms with E-state index >= 15 is 0 Å². The Balaban J connectivity index is 2.96. The first-order valence-corrected chi connectivity index (χ1v) is 4.15. The molecule has 1 nitrogen and oxygen atoms in total. The van der Waals surface area contributed by atoms with Crippen LogP contribution in [-0.4, -0.2) is 7.05 Å². The molecule has 0 fully saturated rings. The molecule has 0 radical (unpaired) electrons. The third kappa shape index (κ3) is 1.96. The number of benzene rings is 1. The van der Waals surface area contributed by atoms with Crippen molar-refractivity contribution in [1.82, 2.24) is 5.32 Å². The second-order valence-electron chi connectivity index (χ2n) is 2.68. The smallest absolute Gasteiger partial charge is 0.142 e.